The maximum atomic E-state index is 12.2. The number of carbonyl (C=O) groups is 2. The summed E-state index contributed by atoms with van der Waals surface area (Å²) in [6.45, 7) is 5.88. The Kier molecular flexibility index (Phi) is 7.95. The Morgan fingerprint density at radius 3 is 2.46 bits per heavy atom. The van der Waals surface area contributed by atoms with E-state index in [1.165, 1.54) is 0 Å². The SMILES string of the molecule is CCC(C)c1ccccc1OCC(=O)NNC(=S)NC(=O)c1ccccc1C. The lowest BCUT2D eigenvalue weighted by molar-refractivity contribution is -0.123. The number of hydrogen-bond acceptors (Lipinski definition) is 4. The lowest BCUT2D eigenvalue weighted by Gasteiger charge is -2.16. The van der Waals surface area contributed by atoms with Crippen molar-refractivity contribution in [1.29, 1.82) is 0 Å². The van der Waals surface area contributed by atoms with Crippen LogP contribution in [0.3, 0.4) is 0 Å². The first-order valence-corrected chi connectivity index (χ1v) is 9.50. The van der Waals surface area contributed by atoms with Crippen LogP contribution in [0.1, 0.15) is 47.7 Å². The van der Waals surface area contributed by atoms with Crippen LogP contribution in [-0.4, -0.2) is 23.5 Å². The maximum absolute atomic E-state index is 12.2. The van der Waals surface area contributed by atoms with Crippen LogP contribution in [0.15, 0.2) is 48.5 Å². The van der Waals surface area contributed by atoms with E-state index in [9.17, 15) is 9.59 Å². The van der Waals surface area contributed by atoms with Gasteiger partial charge < -0.3 is 4.74 Å². The largest absolute Gasteiger partial charge is 0.483 e. The third-order valence-electron chi connectivity index (χ3n) is 4.35. The number of benzene rings is 2. The number of thiocarbonyl (C=S) groups is 1. The van der Waals surface area contributed by atoms with Crippen molar-refractivity contribution in [3.05, 3.63) is 65.2 Å². The molecule has 0 spiro atoms. The van der Waals surface area contributed by atoms with Crippen molar-refractivity contribution in [2.45, 2.75) is 33.1 Å². The summed E-state index contributed by atoms with van der Waals surface area (Å²) in [6, 6.07) is 14.8. The van der Waals surface area contributed by atoms with E-state index in [4.69, 9.17) is 17.0 Å². The molecule has 2 amide bonds. The van der Waals surface area contributed by atoms with Crippen LogP contribution in [0.25, 0.3) is 0 Å². The summed E-state index contributed by atoms with van der Waals surface area (Å²) in [5, 5.41) is 2.53. The molecule has 0 aliphatic carbocycles. The summed E-state index contributed by atoms with van der Waals surface area (Å²) < 4.78 is 5.64. The molecule has 0 fully saturated rings. The second-order valence-electron chi connectivity index (χ2n) is 6.41. The summed E-state index contributed by atoms with van der Waals surface area (Å²) in [5.41, 5.74) is 7.34. The van der Waals surface area contributed by atoms with Gasteiger partial charge in [-0.3, -0.25) is 25.8 Å². The molecule has 6 nitrogen and oxygen atoms in total. The standard InChI is InChI=1S/C21H25N3O3S/c1-4-14(2)16-10-7-8-12-18(16)27-13-19(25)23-24-21(28)22-20(26)17-11-6-5-9-15(17)3/h5-12,14H,4,13H2,1-3H3,(H,23,25)(H2,22,24,26,28). The number of para-hydroxylation sites is 1. The van der Waals surface area contributed by atoms with Crippen LogP contribution in [0.5, 0.6) is 5.75 Å². The first kappa shape index (κ1) is 21.4. The quantitative estimate of drug-likeness (QED) is 0.513. The normalized spacial score (nSPS) is 11.2. The number of hydrogen-bond donors (Lipinski definition) is 3. The van der Waals surface area contributed by atoms with Crippen LogP contribution in [0, 0.1) is 6.92 Å². The molecule has 0 saturated heterocycles. The minimum absolute atomic E-state index is 0.00149. The second kappa shape index (κ2) is 10.4. The molecule has 148 valence electrons. The summed E-state index contributed by atoms with van der Waals surface area (Å²) in [4.78, 5) is 24.2. The average molecular weight is 400 g/mol. The predicted molar refractivity (Wildman–Crippen MR) is 113 cm³/mol. The minimum atomic E-state index is -0.411. The van der Waals surface area contributed by atoms with E-state index in [0.29, 0.717) is 17.2 Å². The molecule has 0 radical (unpaired) electrons. The zero-order chi connectivity index (χ0) is 20.5. The van der Waals surface area contributed by atoms with Crippen molar-refractivity contribution < 1.29 is 14.3 Å². The van der Waals surface area contributed by atoms with Gasteiger partial charge in [-0.1, -0.05) is 50.2 Å². The molecule has 3 N–H and O–H groups in total. The molecule has 0 aliphatic heterocycles. The summed E-state index contributed by atoms with van der Waals surface area (Å²) in [5.74, 6) is 0.263. The molecular weight excluding hydrogens is 374 g/mol. The lowest BCUT2D eigenvalue weighted by atomic mass is 9.98. The van der Waals surface area contributed by atoms with Crippen LogP contribution in [0.4, 0.5) is 0 Å². The fourth-order valence-corrected chi connectivity index (χ4v) is 2.72. The smallest absolute Gasteiger partial charge is 0.276 e. The molecule has 2 rings (SSSR count). The highest BCUT2D eigenvalue weighted by molar-refractivity contribution is 7.80. The number of nitrogens with one attached hydrogen (secondary N) is 3. The van der Waals surface area contributed by atoms with Gasteiger partial charge in [-0.25, -0.2) is 0 Å². The Hall–Kier alpha value is -2.93. The zero-order valence-electron chi connectivity index (χ0n) is 16.2. The summed E-state index contributed by atoms with van der Waals surface area (Å²) in [7, 11) is 0. The Labute approximate surface area is 170 Å². The van der Waals surface area contributed by atoms with Gasteiger partial charge >= 0.3 is 0 Å². The Morgan fingerprint density at radius 1 is 1.07 bits per heavy atom. The van der Waals surface area contributed by atoms with Crippen molar-refractivity contribution in [3.63, 3.8) is 0 Å². The molecule has 0 bridgehead atoms. The third kappa shape index (κ3) is 6.06. The molecule has 0 saturated carbocycles. The number of amides is 2. The molecule has 7 heteroatoms. The Bertz CT molecular complexity index is 854. The summed E-state index contributed by atoms with van der Waals surface area (Å²) >= 11 is 5.04. The van der Waals surface area contributed by atoms with Gasteiger partial charge in [0.2, 0.25) is 0 Å². The zero-order valence-corrected chi connectivity index (χ0v) is 17.1. The Balaban J connectivity index is 1.81. The molecule has 1 unspecified atom stereocenters. The third-order valence-corrected chi connectivity index (χ3v) is 4.56. The molecule has 1 atom stereocenters. The number of hydrazine groups is 1. The number of carbonyl (C=O) groups excluding carboxylic acids is 2. The summed E-state index contributed by atoms with van der Waals surface area (Å²) in [6.07, 6.45) is 0.975. The second-order valence-corrected chi connectivity index (χ2v) is 6.82. The van der Waals surface area contributed by atoms with Gasteiger partial charge in [0.1, 0.15) is 5.75 Å². The van der Waals surface area contributed by atoms with Crippen LogP contribution in [-0.2, 0) is 4.79 Å². The van der Waals surface area contributed by atoms with Gasteiger partial charge in [-0.05, 0) is 54.7 Å². The number of ether oxygens (including phenoxy) is 1. The van der Waals surface area contributed by atoms with Gasteiger partial charge in [0, 0.05) is 5.56 Å². The number of aryl methyl sites for hydroxylation is 1. The fourth-order valence-electron chi connectivity index (χ4n) is 2.57. The molecule has 2 aromatic carbocycles. The molecule has 0 aromatic heterocycles. The van der Waals surface area contributed by atoms with E-state index in [2.05, 4.69) is 30.0 Å². The van der Waals surface area contributed by atoms with E-state index in [0.717, 1.165) is 17.5 Å². The van der Waals surface area contributed by atoms with Crippen LogP contribution in [0.2, 0.25) is 0 Å². The number of rotatable bonds is 6. The van der Waals surface area contributed by atoms with E-state index < -0.39 is 5.91 Å². The van der Waals surface area contributed by atoms with Crippen molar-refractivity contribution in [2.24, 2.45) is 0 Å². The monoisotopic (exact) mass is 399 g/mol. The highest BCUT2D eigenvalue weighted by atomic mass is 32.1. The molecule has 2 aromatic rings. The van der Waals surface area contributed by atoms with Gasteiger partial charge in [0.05, 0.1) is 0 Å². The Morgan fingerprint density at radius 2 is 1.75 bits per heavy atom. The van der Waals surface area contributed by atoms with Crippen LogP contribution >= 0.6 is 12.2 Å². The van der Waals surface area contributed by atoms with E-state index in [1.54, 1.807) is 12.1 Å². The van der Waals surface area contributed by atoms with Crippen molar-refractivity contribution in [3.8, 4) is 5.75 Å². The predicted octanol–water partition coefficient (Wildman–Crippen LogP) is 3.22. The van der Waals surface area contributed by atoms with E-state index in [1.807, 2.05) is 43.3 Å². The van der Waals surface area contributed by atoms with Gasteiger partial charge in [0.25, 0.3) is 11.8 Å². The fraction of sp³-hybridized carbons (Fsp3) is 0.286. The topological polar surface area (TPSA) is 79.5 Å². The first-order valence-electron chi connectivity index (χ1n) is 9.09. The van der Waals surface area contributed by atoms with Crippen molar-refractivity contribution >= 4 is 29.1 Å². The van der Waals surface area contributed by atoms with Gasteiger partial charge in [-0.2, -0.15) is 0 Å². The van der Waals surface area contributed by atoms with Crippen molar-refractivity contribution in [1.82, 2.24) is 16.2 Å². The molecular formula is C21H25N3O3S. The van der Waals surface area contributed by atoms with E-state index >= 15 is 0 Å². The highest BCUT2D eigenvalue weighted by Gasteiger charge is 2.12. The minimum Gasteiger partial charge on any atom is -0.483 e. The maximum Gasteiger partial charge on any atom is 0.276 e. The van der Waals surface area contributed by atoms with Gasteiger partial charge in [0.15, 0.2) is 11.7 Å². The van der Waals surface area contributed by atoms with Gasteiger partial charge in [-0.15, -0.1) is 0 Å². The molecule has 0 heterocycles. The first-order chi connectivity index (χ1) is 13.4. The van der Waals surface area contributed by atoms with Crippen LogP contribution < -0.4 is 20.9 Å². The average Bonchev–Trinajstić information content (AvgIpc) is 2.70. The molecule has 0 aliphatic rings. The lowest BCUT2D eigenvalue weighted by Crippen LogP contribution is -2.49. The molecule has 28 heavy (non-hydrogen) atoms. The van der Waals surface area contributed by atoms with E-state index in [-0.39, 0.29) is 17.6 Å². The van der Waals surface area contributed by atoms with Crippen molar-refractivity contribution in [2.75, 3.05) is 6.61 Å². The highest BCUT2D eigenvalue weighted by Crippen LogP contribution is 2.28.